The fourth-order valence-electron chi connectivity index (χ4n) is 2.11. The van der Waals surface area contributed by atoms with E-state index in [1.807, 2.05) is 30.3 Å². The number of halogens is 1. The maximum Gasteiger partial charge on any atom is 0.230 e. The molecule has 0 radical (unpaired) electrons. The molecule has 0 saturated carbocycles. The van der Waals surface area contributed by atoms with E-state index in [9.17, 15) is 0 Å². The van der Waals surface area contributed by atoms with Crippen LogP contribution in [0.4, 0.5) is 5.95 Å². The Bertz CT molecular complexity index is 538. The van der Waals surface area contributed by atoms with Crippen molar-refractivity contribution in [3.8, 4) is 11.4 Å². The Hall–Kier alpha value is -1.68. The Morgan fingerprint density at radius 2 is 1.67 bits per heavy atom. The second kappa shape index (κ2) is 4.90. The van der Waals surface area contributed by atoms with Gasteiger partial charge in [0.2, 0.25) is 11.2 Å². The van der Waals surface area contributed by atoms with Crippen molar-refractivity contribution < 1.29 is 0 Å². The predicted molar refractivity (Wildman–Crippen MR) is 71.7 cm³/mol. The summed E-state index contributed by atoms with van der Waals surface area (Å²) in [5, 5.41) is 0.255. The molecule has 3 rings (SSSR count). The Labute approximate surface area is 111 Å². The van der Waals surface area contributed by atoms with Crippen molar-refractivity contribution in [2.24, 2.45) is 0 Å². The molecule has 1 saturated heterocycles. The Morgan fingerprint density at radius 3 is 2.39 bits per heavy atom. The number of hydrogen-bond donors (Lipinski definition) is 0. The summed E-state index contributed by atoms with van der Waals surface area (Å²) < 4.78 is 0. The van der Waals surface area contributed by atoms with Crippen LogP contribution in [-0.2, 0) is 0 Å². The smallest absolute Gasteiger partial charge is 0.230 e. The molecule has 1 aliphatic rings. The van der Waals surface area contributed by atoms with Gasteiger partial charge in [-0.1, -0.05) is 30.3 Å². The first-order valence-corrected chi connectivity index (χ1v) is 6.43. The van der Waals surface area contributed by atoms with E-state index in [4.69, 9.17) is 11.6 Å². The molecule has 1 aromatic carbocycles. The van der Waals surface area contributed by atoms with Crippen LogP contribution in [0.3, 0.4) is 0 Å². The van der Waals surface area contributed by atoms with E-state index in [0.717, 1.165) is 18.7 Å². The van der Waals surface area contributed by atoms with E-state index in [-0.39, 0.29) is 5.28 Å². The van der Waals surface area contributed by atoms with E-state index < -0.39 is 0 Å². The molecule has 0 N–H and O–H groups in total. The van der Waals surface area contributed by atoms with Crippen LogP contribution < -0.4 is 4.90 Å². The third-order valence-corrected chi connectivity index (χ3v) is 3.19. The maximum atomic E-state index is 5.99. The zero-order valence-electron chi connectivity index (χ0n) is 9.88. The molecule has 0 atom stereocenters. The number of aromatic nitrogens is 3. The fourth-order valence-corrected chi connectivity index (χ4v) is 2.27. The SMILES string of the molecule is Clc1nc(-c2ccccc2)nc(N2CCCC2)n1. The van der Waals surface area contributed by atoms with E-state index in [1.165, 1.54) is 12.8 Å². The van der Waals surface area contributed by atoms with Crippen LogP contribution >= 0.6 is 11.6 Å². The molecule has 2 heterocycles. The highest BCUT2D eigenvalue weighted by Gasteiger charge is 2.17. The van der Waals surface area contributed by atoms with E-state index in [1.54, 1.807) is 0 Å². The van der Waals surface area contributed by atoms with Gasteiger partial charge in [0.05, 0.1) is 0 Å². The molecule has 1 aliphatic heterocycles. The molecular formula is C13H13ClN4. The van der Waals surface area contributed by atoms with Crippen molar-refractivity contribution in [3.05, 3.63) is 35.6 Å². The number of nitrogens with zero attached hydrogens (tertiary/aromatic N) is 4. The quantitative estimate of drug-likeness (QED) is 0.833. The fraction of sp³-hybridized carbons (Fsp3) is 0.308. The normalized spacial score (nSPS) is 15.1. The van der Waals surface area contributed by atoms with Crippen molar-refractivity contribution in [1.82, 2.24) is 15.0 Å². The lowest BCUT2D eigenvalue weighted by atomic mass is 10.2. The lowest BCUT2D eigenvalue weighted by molar-refractivity contribution is 0.883. The number of rotatable bonds is 2. The van der Waals surface area contributed by atoms with Gasteiger partial charge in [0.25, 0.3) is 0 Å². The van der Waals surface area contributed by atoms with Gasteiger partial charge in [-0.2, -0.15) is 15.0 Å². The van der Waals surface area contributed by atoms with Gasteiger partial charge in [-0.05, 0) is 24.4 Å². The topological polar surface area (TPSA) is 41.9 Å². The van der Waals surface area contributed by atoms with Crippen molar-refractivity contribution in [2.45, 2.75) is 12.8 Å². The van der Waals surface area contributed by atoms with Crippen LogP contribution in [0.5, 0.6) is 0 Å². The van der Waals surface area contributed by atoms with Crippen LogP contribution in [0.1, 0.15) is 12.8 Å². The molecule has 0 aliphatic carbocycles. The maximum absolute atomic E-state index is 5.99. The largest absolute Gasteiger partial charge is 0.341 e. The third kappa shape index (κ3) is 2.29. The average molecular weight is 261 g/mol. The lowest BCUT2D eigenvalue weighted by Gasteiger charge is -2.15. The minimum Gasteiger partial charge on any atom is -0.341 e. The third-order valence-electron chi connectivity index (χ3n) is 3.02. The van der Waals surface area contributed by atoms with Gasteiger partial charge in [-0.15, -0.1) is 0 Å². The molecular weight excluding hydrogens is 248 g/mol. The summed E-state index contributed by atoms with van der Waals surface area (Å²) in [6, 6.07) is 9.83. The summed E-state index contributed by atoms with van der Waals surface area (Å²) >= 11 is 5.99. The molecule has 0 amide bonds. The van der Waals surface area contributed by atoms with Gasteiger partial charge in [-0.3, -0.25) is 0 Å². The minimum atomic E-state index is 0.255. The zero-order valence-corrected chi connectivity index (χ0v) is 10.6. The summed E-state index contributed by atoms with van der Waals surface area (Å²) in [4.78, 5) is 15.1. The first-order valence-electron chi connectivity index (χ1n) is 6.05. The molecule has 1 aromatic heterocycles. The Balaban J connectivity index is 2.00. The Kier molecular flexibility index (Phi) is 3.11. The highest BCUT2D eigenvalue weighted by atomic mass is 35.5. The van der Waals surface area contributed by atoms with Crippen LogP contribution in [0, 0.1) is 0 Å². The number of hydrogen-bond acceptors (Lipinski definition) is 4. The van der Waals surface area contributed by atoms with Crippen LogP contribution in [-0.4, -0.2) is 28.0 Å². The minimum absolute atomic E-state index is 0.255. The van der Waals surface area contributed by atoms with E-state index in [0.29, 0.717) is 11.8 Å². The van der Waals surface area contributed by atoms with Gasteiger partial charge in [0.15, 0.2) is 5.82 Å². The molecule has 2 aromatic rings. The monoisotopic (exact) mass is 260 g/mol. The Morgan fingerprint density at radius 1 is 0.944 bits per heavy atom. The molecule has 92 valence electrons. The van der Waals surface area contributed by atoms with Gasteiger partial charge in [0, 0.05) is 18.7 Å². The molecule has 4 nitrogen and oxygen atoms in total. The highest BCUT2D eigenvalue weighted by molar-refractivity contribution is 6.28. The van der Waals surface area contributed by atoms with Gasteiger partial charge >= 0.3 is 0 Å². The summed E-state index contributed by atoms with van der Waals surface area (Å²) in [6.07, 6.45) is 2.37. The average Bonchev–Trinajstić information content (AvgIpc) is 2.93. The van der Waals surface area contributed by atoms with Gasteiger partial charge < -0.3 is 4.90 Å². The first-order chi connectivity index (χ1) is 8.83. The zero-order chi connectivity index (χ0) is 12.4. The summed E-state index contributed by atoms with van der Waals surface area (Å²) in [5.41, 5.74) is 0.960. The number of benzene rings is 1. The summed E-state index contributed by atoms with van der Waals surface area (Å²) in [7, 11) is 0. The highest BCUT2D eigenvalue weighted by Crippen LogP contribution is 2.21. The second-order valence-electron chi connectivity index (χ2n) is 4.29. The lowest BCUT2D eigenvalue weighted by Crippen LogP contribution is -2.21. The van der Waals surface area contributed by atoms with Gasteiger partial charge in [0.1, 0.15) is 0 Å². The van der Waals surface area contributed by atoms with Crippen LogP contribution in [0.2, 0.25) is 5.28 Å². The van der Waals surface area contributed by atoms with Crippen molar-refractivity contribution in [3.63, 3.8) is 0 Å². The second-order valence-corrected chi connectivity index (χ2v) is 4.63. The predicted octanol–water partition coefficient (Wildman–Crippen LogP) is 2.79. The van der Waals surface area contributed by atoms with Gasteiger partial charge in [-0.25, -0.2) is 0 Å². The molecule has 0 unspecified atom stereocenters. The van der Waals surface area contributed by atoms with Crippen molar-refractivity contribution in [1.29, 1.82) is 0 Å². The molecule has 5 heteroatoms. The summed E-state index contributed by atoms with van der Waals surface area (Å²) in [5.74, 6) is 1.32. The number of anilines is 1. The molecule has 1 fully saturated rings. The summed E-state index contributed by atoms with van der Waals surface area (Å²) in [6.45, 7) is 1.99. The molecule has 0 spiro atoms. The van der Waals surface area contributed by atoms with E-state index >= 15 is 0 Å². The van der Waals surface area contributed by atoms with Crippen LogP contribution in [0.15, 0.2) is 30.3 Å². The van der Waals surface area contributed by atoms with E-state index in [2.05, 4.69) is 19.9 Å². The van der Waals surface area contributed by atoms with Crippen LogP contribution in [0.25, 0.3) is 11.4 Å². The van der Waals surface area contributed by atoms with Crippen molar-refractivity contribution in [2.75, 3.05) is 18.0 Å². The molecule has 0 bridgehead atoms. The molecule has 18 heavy (non-hydrogen) atoms. The standard InChI is InChI=1S/C13H13ClN4/c14-12-15-11(10-6-2-1-3-7-10)16-13(17-12)18-8-4-5-9-18/h1-3,6-7H,4-5,8-9H2. The van der Waals surface area contributed by atoms with Crippen molar-refractivity contribution >= 4 is 17.5 Å². The first kappa shape index (κ1) is 11.4.